The van der Waals surface area contributed by atoms with E-state index in [1.54, 1.807) is 6.20 Å². The van der Waals surface area contributed by atoms with Crippen LogP contribution in [0.4, 0.5) is 0 Å². The van der Waals surface area contributed by atoms with Crippen molar-refractivity contribution in [1.29, 1.82) is 0 Å². The number of aromatic nitrogens is 1. The van der Waals surface area contributed by atoms with Crippen molar-refractivity contribution in [2.45, 2.75) is 26.2 Å². The molecule has 120 valence electrons. The predicted molar refractivity (Wildman–Crippen MR) is 85.3 cm³/mol. The monoisotopic (exact) mass is 334 g/mol. The van der Waals surface area contributed by atoms with Crippen LogP contribution in [0.25, 0.3) is 0 Å². The number of hydrogen-bond acceptors (Lipinski definition) is 6. The number of hydrogen-bond donors (Lipinski definition) is 2. The summed E-state index contributed by atoms with van der Waals surface area (Å²) in [5.41, 5.74) is 1.14. The topological polar surface area (TPSA) is 80.7 Å². The van der Waals surface area contributed by atoms with Crippen LogP contribution in [0.15, 0.2) is 18.3 Å². The van der Waals surface area contributed by atoms with Gasteiger partial charge < -0.3 is 10.1 Å². The SMILES string of the molecule is Cc1ccnc(OCCCCCNCCOS(=O)(O)=S)c1. The summed E-state index contributed by atoms with van der Waals surface area (Å²) in [5, 5.41) is 3.11. The van der Waals surface area contributed by atoms with Crippen molar-refractivity contribution < 1.29 is 17.7 Å². The smallest absolute Gasteiger partial charge is 0.266 e. The molecule has 1 aromatic heterocycles. The third-order valence-electron chi connectivity index (χ3n) is 2.65. The molecule has 1 unspecified atom stereocenters. The fraction of sp³-hybridized carbons (Fsp3) is 0.615. The lowest BCUT2D eigenvalue weighted by molar-refractivity contribution is 0.290. The van der Waals surface area contributed by atoms with Crippen molar-refractivity contribution in [3.05, 3.63) is 23.9 Å². The lowest BCUT2D eigenvalue weighted by Crippen LogP contribution is -2.22. The van der Waals surface area contributed by atoms with Crippen molar-refractivity contribution in [3.63, 3.8) is 0 Å². The van der Waals surface area contributed by atoms with Gasteiger partial charge in [0.2, 0.25) is 5.88 Å². The van der Waals surface area contributed by atoms with Crippen molar-refractivity contribution >= 4 is 20.2 Å². The molecule has 2 N–H and O–H groups in total. The molecular weight excluding hydrogens is 312 g/mol. The van der Waals surface area contributed by atoms with Gasteiger partial charge in [0.05, 0.1) is 13.2 Å². The zero-order chi connectivity index (χ0) is 15.6. The minimum absolute atomic E-state index is 0.140. The Kier molecular flexibility index (Phi) is 8.70. The van der Waals surface area contributed by atoms with E-state index in [-0.39, 0.29) is 6.61 Å². The highest BCUT2D eigenvalue weighted by atomic mass is 32.9. The molecule has 6 nitrogen and oxygen atoms in total. The van der Waals surface area contributed by atoms with E-state index < -0.39 is 9.05 Å². The van der Waals surface area contributed by atoms with Gasteiger partial charge in [-0.25, -0.2) is 4.98 Å². The maximum absolute atomic E-state index is 10.6. The van der Waals surface area contributed by atoms with Crippen LogP contribution in [0.2, 0.25) is 0 Å². The van der Waals surface area contributed by atoms with Crippen molar-refractivity contribution in [2.75, 3.05) is 26.3 Å². The first-order valence-corrected chi connectivity index (χ1v) is 9.22. The van der Waals surface area contributed by atoms with Gasteiger partial charge in [0.25, 0.3) is 9.05 Å². The second-order valence-corrected chi connectivity index (χ2v) is 6.94. The third-order valence-corrected chi connectivity index (χ3v) is 3.40. The second-order valence-electron chi connectivity index (χ2n) is 4.58. The Bertz CT molecular complexity index is 509. The highest BCUT2D eigenvalue weighted by molar-refractivity contribution is 8.27. The molecule has 0 aliphatic rings. The Hall–Kier alpha value is -0.800. The largest absolute Gasteiger partial charge is 0.478 e. The summed E-state index contributed by atoms with van der Waals surface area (Å²) in [6.45, 7) is 4.14. The minimum atomic E-state index is -3.49. The lowest BCUT2D eigenvalue weighted by Gasteiger charge is -2.06. The van der Waals surface area contributed by atoms with E-state index in [4.69, 9.17) is 9.29 Å². The van der Waals surface area contributed by atoms with Crippen LogP contribution in [0.5, 0.6) is 5.88 Å². The molecule has 0 aliphatic heterocycles. The number of unbranched alkanes of at least 4 members (excludes halogenated alkanes) is 2. The van der Waals surface area contributed by atoms with E-state index in [1.807, 2.05) is 19.1 Å². The fourth-order valence-corrected chi connectivity index (χ4v) is 2.14. The van der Waals surface area contributed by atoms with Gasteiger partial charge in [0.1, 0.15) is 0 Å². The normalized spacial score (nSPS) is 13.8. The Balaban J connectivity index is 1.91. The van der Waals surface area contributed by atoms with E-state index in [1.165, 1.54) is 0 Å². The highest BCUT2D eigenvalue weighted by Crippen LogP contribution is 2.08. The molecule has 0 fully saturated rings. The van der Waals surface area contributed by atoms with Crippen LogP contribution in [0, 0.1) is 6.92 Å². The van der Waals surface area contributed by atoms with Gasteiger partial charge in [-0.05, 0) is 44.4 Å². The predicted octanol–water partition coefficient (Wildman–Crippen LogP) is 1.68. The molecule has 1 atom stereocenters. The molecule has 0 bridgehead atoms. The summed E-state index contributed by atoms with van der Waals surface area (Å²) in [5.74, 6) is 0.668. The summed E-state index contributed by atoms with van der Waals surface area (Å²) >= 11 is 4.20. The van der Waals surface area contributed by atoms with Gasteiger partial charge in [-0.3, -0.25) is 8.74 Å². The van der Waals surface area contributed by atoms with Crippen LogP contribution in [0.3, 0.4) is 0 Å². The summed E-state index contributed by atoms with van der Waals surface area (Å²) in [4.78, 5) is 4.13. The lowest BCUT2D eigenvalue weighted by atomic mass is 10.2. The number of aryl methyl sites for hydroxylation is 1. The Morgan fingerprint density at radius 2 is 2.14 bits per heavy atom. The van der Waals surface area contributed by atoms with E-state index in [0.29, 0.717) is 19.0 Å². The molecule has 21 heavy (non-hydrogen) atoms. The summed E-state index contributed by atoms with van der Waals surface area (Å²) in [6, 6.07) is 3.85. The van der Waals surface area contributed by atoms with E-state index in [0.717, 1.165) is 31.4 Å². The maximum Gasteiger partial charge on any atom is 0.266 e. The van der Waals surface area contributed by atoms with Crippen LogP contribution < -0.4 is 10.1 Å². The van der Waals surface area contributed by atoms with Crippen LogP contribution in [0.1, 0.15) is 24.8 Å². The molecule has 0 amide bonds. The molecule has 0 aliphatic carbocycles. The molecule has 0 saturated heterocycles. The summed E-state index contributed by atoms with van der Waals surface area (Å²) < 4.78 is 29.4. The highest BCUT2D eigenvalue weighted by Gasteiger charge is 1.98. The first-order chi connectivity index (χ1) is 9.97. The zero-order valence-electron chi connectivity index (χ0n) is 12.1. The number of ether oxygens (including phenoxy) is 1. The van der Waals surface area contributed by atoms with E-state index >= 15 is 0 Å². The molecule has 0 spiro atoms. The maximum atomic E-state index is 10.6. The molecule has 0 saturated carbocycles. The number of nitrogens with zero attached hydrogens (tertiary/aromatic N) is 1. The van der Waals surface area contributed by atoms with E-state index in [2.05, 4.69) is 25.7 Å². The van der Waals surface area contributed by atoms with Crippen molar-refractivity contribution in [1.82, 2.24) is 10.3 Å². The van der Waals surface area contributed by atoms with Crippen LogP contribution in [-0.2, 0) is 24.4 Å². The fourth-order valence-electron chi connectivity index (χ4n) is 1.64. The van der Waals surface area contributed by atoms with Crippen molar-refractivity contribution in [3.8, 4) is 5.88 Å². The van der Waals surface area contributed by atoms with Gasteiger partial charge >= 0.3 is 0 Å². The van der Waals surface area contributed by atoms with Gasteiger partial charge in [-0.2, -0.15) is 4.21 Å². The van der Waals surface area contributed by atoms with Crippen LogP contribution in [-0.4, -0.2) is 40.0 Å². The first-order valence-electron chi connectivity index (χ1n) is 6.85. The average Bonchev–Trinajstić information content (AvgIpc) is 2.40. The van der Waals surface area contributed by atoms with E-state index in [9.17, 15) is 4.21 Å². The van der Waals surface area contributed by atoms with Crippen LogP contribution >= 0.6 is 0 Å². The number of pyridine rings is 1. The molecule has 8 heteroatoms. The van der Waals surface area contributed by atoms with Gasteiger partial charge in [0, 0.05) is 30.0 Å². The zero-order valence-corrected chi connectivity index (χ0v) is 13.8. The molecule has 1 aromatic rings. The molecular formula is C13H22N2O4S2. The Morgan fingerprint density at radius 1 is 1.33 bits per heavy atom. The molecule has 0 radical (unpaired) electrons. The summed E-state index contributed by atoms with van der Waals surface area (Å²) in [7, 11) is -3.49. The Morgan fingerprint density at radius 3 is 2.86 bits per heavy atom. The molecule has 0 aromatic carbocycles. The minimum Gasteiger partial charge on any atom is -0.478 e. The second kappa shape index (κ2) is 10.0. The first kappa shape index (κ1) is 18.2. The standard InChI is InChI=1S/C13H22N2O4S2/c1-12-5-7-15-13(11-12)18-9-4-2-3-6-14-8-10-19-21(16,17)20/h5,7,11,14H,2-4,6,8-10H2,1H3,(H,16,17,20). The van der Waals surface area contributed by atoms with Gasteiger partial charge in [0.15, 0.2) is 0 Å². The van der Waals surface area contributed by atoms with Gasteiger partial charge in [-0.15, -0.1) is 0 Å². The average molecular weight is 334 g/mol. The number of rotatable bonds is 11. The Labute approximate surface area is 131 Å². The third kappa shape index (κ3) is 10.6. The molecule has 1 rings (SSSR count). The van der Waals surface area contributed by atoms with Crippen molar-refractivity contribution in [2.24, 2.45) is 0 Å². The quantitative estimate of drug-likeness (QED) is 0.596. The molecule has 1 heterocycles. The number of nitrogens with one attached hydrogen (secondary N) is 1. The van der Waals surface area contributed by atoms with Gasteiger partial charge in [-0.1, -0.05) is 0 Å². The summed E-state index contributed by atoms with van der Waals surface area (Å²) in [6.07, 6.45) is 4.75.